The van der Waals surface area contributed by atoms with E-state index in [9.17, 15) is 5.11 Å². The molecule has 0 spiro atoms. The summed E-state index contributed by atoms with van der Waals surface area (Å²) < 4.78 is 5.61. The quantitative estimate of drug-likeness (QED) is 0.845. The lowest BCUT2D eigenvalue weighted by Gasteiger charge is -2.15. The van der Waals surface area contributed by atoms with Crippen molar-refractivity contribution in [1.82, 2.24) is 9.88 Å². The highest BCUT2D eigenvalue weighted by Crippen LogP contribution is 2.38. The Bertz CT molecular complexity index is 396. The van der Waals surface area contributed by atoms with Gasteiger partial charge < -0.3 is 9.52 Å². The van der Waals surface area contributed by atoms with E-state index in [4.69, 9.17) is 4.42 Å². The standard InChI is InChI=1S/C13H20N2O2/c1-8-9(2)17-13(14-8)7-15-5-10-3-4-12(16)11(10)6-15/h10-12,16H,3-7H2,1-2H3. The fourth-order valence-corrected chi connectivity index (χ4v) is 3.26. The fourth-order valence-electron chi connectivity index (χ4n) is 3.26. The normalized spacial score (nSPS) is 33.2. The van der Waals surface area contributed by atoms with E-state index in [-0.39, 0.29) is 6.10 Å². The van der Waals surface area contributed by atoms with Crippen LogP contribution in [0.2, 0.25) is 0 Å². The highest BCUT2D eigenvalue weighted by molar-refractivity contribution is 5.05. The maximum Gasteiger partial charge on any atom is 0.208 e. The first-order valence-corrected chi connectivity index (χ1v) is 6.47. The molecule has 3 unspecified atom stereocenters. The van der Waals surface area contributed by atoms with Gasteiger partial charge in [-0.3, -0.25) is 4.90 Å². The van der Waals surface area contributed by atoms with Crippen LogP contribution in [-0.4, -0.2) is 34.2 Å². The van der Waals surface area contributed by atoms with Gasteiger partial charge in [0.1, 0.15) is 5.76 Å². The molecular formula is C13H20N2O2. The molecule has 0 amide bonds. The molecule has 4 heteroatoms. The molecular weight excluding hydrogens is 216 g/mol. The second kappa shape index (κ2) is 4.10. The summed E-state index contributed by atoms with van der Waals surface area (Å²) in [4.78, 5) is 6.78. The van der Waals surface area contributed by atoms with Gasteiger partial charge in [-0.25, -0.2) is 4.98 Å². The van der Waals surface area contributed by atoms with E-state index < -0.39 is 0 Å². The lowest BCUT2D eigenvalue weighted by molar-refractivity contribution is 0.122. The molecule has 3 rings (SSSR count). The van der Waals surface area contributed by atoms with Crippen LogP contribution >= 0.6 is 0 Å². The minimum atomic E-state index is -0.0852. The SMILES string of the molecule is Cc1nc(CN2CC3CCC(O)C3C2)oc1C. The Hall–Kier alpha value is -0.870. The predicted molar refractivity (Wildman–Crippen MR) is 63.5 cm³/mol. The van der Waals surface area contributed by atoms with Crippen LogP contribution in [0.5, 0.6) is 0 Å². The smallest absolute Gasteiger partial charge is 0.208 e. The Morgan fingerprint density at radius 2 is 2.18 bits per heavy atom. The zero-order chi connectivity index (χ0) is 12.0. The van der Waals surface area contributed by atoms with Gasteiger partial charge >= 0.3 is 0 Å². The van der Waals surface area contributed by atoms with Gasteiger partial charge in [0, 0.05) is 19.0 Å². The van der Waals surface area contributed by atoms with Crippen LogP contribution in [0, 0.1) is 25.7 Å². The average Bonchev–Trinajstić information content (AvgIpc) is 2.89. The number of nitrogens with zero attached hydrogens (tertiary/aromatic N) is 2. The zero-order valence-corrected chi connectivity index (χ0v) is 10.5. The van der Waals surface area contributed by atoms with Crippen molar-refractivity contribution in [3.05, 3.63) is 17.3 Å². The molecule has 1 aromatic rings. The van der Waals surface area contributed by atoms with Crippen LogP contribution < -0.4 is 0 Å². The summed E-state index contributed by atoms with van der Waals surface area (Å²) in [5.41, 5.74) is 0.986. The maximum absolute atomic E-state index is 9.87. The van der Waals surface area contributed by atoms with Crippen molar-refractivity contribution < 1.29 is 9.52 Å². The third-order valence-electron chi connectivity index (χ3n) is 4.33. The van der Waals surface area contributed by atoms with Crippen molar-refractivity contribution >= 4 is 0 Å². The zero-order valence-electron chi connectivity index (χ0n) is 10.5. The number of aliphatic hydroxyl groups is 1. The number of hydrogen-bond acceptors (Lipinski definition) is 4. The first kappa shape index (κ1) is 11.2. The second-order valence-corrected chi connectivity index (χ2v) is 5.51. The summed E-state index contributed by atoms with van der Waals surface area (Å²) in [7, 11) is 0. The second-order valence-electron chi connectivity index (χ2n) is 5.51. The van der Waals surface area contributed by atoms with E-state index in [0.717, 1.165) is 43.4 Å². The average molecular weight is 236 g/mol. The molecule has 94 valence electrons. The molecule has 1 N–H and O–H groups in total. The number of likely N-dealkylation sites (tertiary alicyclic amines) is 1. The molecule has 2 aliphatic rings. The van der Waals surface area contributed by atoms with Gasteiger partial charge in [-0.2, -0.15) is 0 Å². The van der Waals surface area contributed by atoms with E-state index in [2.05, 4.69) is 9.88 Å². The van der Waals surface area contributed by atoms with Crippen molar-refractivity contribution in [2.45, 2.75) is 39.3 Å². The van der Waals surface area contributed by atoms with Gasteiger partial charge in [0.05, 0.1) is 18.3 Å². The predicted octanol–water partition coefficient (Wildman–Crippen LogP) is 1.49. The van der Waals surface area contributed by atoms with Crippen molar-refractivity contribution in [1.29, 1.82) is 0 Å². The van der Waals surface area contributed by atoms with Crippen molar-refractivity contribution in [3.63, 3.8) is 0 Å². The largest absolute Gasteiger partial charge is 0.444 e. The fraction of sp³-hybridized carbons (Fsp3) is 0.769. The van der Waals surface area contributed by atoms with Crippen LogP contribution in [0.1, 0.15) is 30.2 Å². The Kier molecular flexibility index (Phi) is 2.71. The van der Waals surface area contributed by atoms with Gasteiger partial charge in [0.25, 0.3) is 0 Å². The Labute approximate surface area is 102 Å². The molecule has 0 radical (unpaired) electrons. The molecule has 2 heterocycles. The number of rotatable bonds is 2. The molecule has 0 bridgehead atoms. The summed E-state index contributed by atoms with van der Waals surface area (Å²) in [5.74, 6) is 2.89. The molecule has 4 nitrogen and oxygen atoms in total. The minimum Gasteiger partial charge on any atom is -0.444 e. The minimum absolute atomic E-state index is 0.0852. The van der Waals surface area contributed by atoms with Crippen LogP contribution in [0.25, 0.3) is 0 Å². The summed E-state index contributed by atoms with van der Waals surface area (Å²) in [6.07, 6.45) is 2.07. The molecule has 1 saturated carbocycles. The van der Waals surface area contributed by atoms with Crippen LogP contribution in [0.4, 0.5) is 0 Å². The van der Waals surface area contributed by atoms with Gasteiger partial charge in [0.2, 0.25) is 5.89 Å². The van der Waals surface area contributed by atoms with Gasteiger partial charge in [-0.15, -0.1) is 0 Å². The number of fused-ring (bicyclic) bond motifs is 1. The highest BCUT2D eigenvalue weighted by atomic mass is 16.4. The van der Waals surface area contributed by atoms with E-state index in [1.54, 1.807) is 0 Å². The van der Waals surface area contributed by atoms with E-state index in [1.165, 1.54) is 6.42 Å². The van der Waals surface area contributed by atoms with Crippen LogP contribution in [0.3, 0.4) is 0 Å². The Morgan fingerprint density at radius 3 is 2.82 bits per heavy atom. The molecule has 17 heavy (non-hydrogen) atoms. The number of aliphatic hydroxyl groups excluding tert-OH is 1. The monoisotopic (exact) mass is 236 g/mol. The lowest BCUT2D eigenvalue weighted by atomic mass is 10.00. The molecule has 1 aliphatic carbocycles. The molecule has 1 aromatic heterocycles. The van der Waals surface area contributed by atoms with Crippen LogP contribution in [-0.2, 0) is 6.54 Å². The third-order valence-corrected chi connectivity index (χ3v) is 4.33. The maximum atomic E-state index is 9.87. The van der Waals surface area contributed by atoms with E-state index in [0.29, 0.717) is 11.8 Å². The van der Waals surface area contributed by atoms with Crippen molar-refractivity contribution in [2.24, 2.45) is 11.8 Å². The van der Waals surface area contributed by atoms with Crippen LogP contribution in [0.15, 0.2) is 4.42 Å². The van der Waals surface area contributed by atoms with E-state index >= 15 is 0 Å². The molecule has 2 fully saturated rings. The Morgan fingerprint density at radius 1 is 1.35 bits per heavy atom. The molecule has 0 aromatic carbocycles. The number of aryl methyl sites for hydroxylation is 2. The first-order chi connectivity index (χ1) is 8.13. The summed E-state index contributed by atoms with van der Waals surface area (Å²) in [6, 6.07) is 0. The Balaban J connectivity index is 1.64. The van der Waals surface area contributed by atoms with Gasteiger partial charge in [-0.1, -0.05) is 0 Å². The number of oxazole rings is 1. The number of aromatic nitrogens is 1. The van der Waals surface area contributed by atoms with Crippen molar-refractivity contribution in [2.75, 3.05) is 13.1 Å². The first-order valence-electron chi connectivity index (χ1n) is 6.47. The van der Waals surface area contributed by atoms with Gasteiger partial charge in [-0.05, 0) is 32.6 Å². The highest BCUT2D eigenvalue weighted by Gasteiger charge is 2.41. The summed E-state index contributed by atoms with van der Waals surface area (Å²) in [5, 5.41) is 9.87. The molecule has 1 aliphatic heterocycles. The van der Waals surface area contributed by atoms with E-state index in [1.807, 2.05) is 13.8 Å². The summed E-state index contributed by atoms with van der Waals surface area (Å²) in [6.45, 7) is 6.79. The van der Waals surface area contributed by atoms with Gasteiger partial charge in [0.15, 0.2) is 0 Å². The molecule has 3 atom stereocenters. The molecule has 1 saturated heterocycles. The topological polar surface area (TPSA) is 49.5 Å². The lowest BCUT2D eigenvalue weighted by Crippen LogP contribution is -2.24. The van der Waals surface area contributed by atoms with Crippen molar-refractivity contribution in [3.8, 4) is 0 Å². The number of hydrogen-bond donors (Lipinski definition) is 1. The third kappa shape index (κ3) is 2.00. The summed E-state index contributed by atoms with van der Waals surface area (Å²) >= 11 is 0.